The zero-order valence-corrected chi connectivity index (χ0v) is 44.1. The highest BCUT2D eigenvalue weighted by atomic mass is 16.6. The molecule has 0 aromatic carbocycles. The van der Waals surface area contributed by atoms with Crippen LogP contribution in [-0.4, -0.2) is 229 Å². The van der Waals surface area contributed by atoms with Gasteiger partial charge in [-0.15, -0.1) is 0 Å². The highest BCUT2D eigenvalue weighted by Gasteiger charge is 2.31. The third-order valence-corrected chi connectivity index (χ3v) is 9.97. The summed E-state index contributed by atoms with van der Waals surface area (Å²) in [5, 5.41) is 2.57. The molecule has 0 aromatic rings. The molecule has 22 nitrogen and oxygen atoms in total. The van der Waals surface area contributed by atoms with E-state index in [-0.39, 0.29) is 48.3 Å². The summed E-state index contributed by atoms with van der Waals surface area (Å²) in [6.45, 7) is 34.5. The number of ether oxygens (including phenoxy) is 5. The van der Waals surface area contributed by atoms with Crippen molar-refractivity contribution in [2.24, 2.45) is 0 Å². The summed E-state index contributed by atoms with van der Waals surface area (Å²) < 4.78 is 25.7. The lowest BCUT2D eigenvalue weighted by Crippen LogP contribution is -2.53. The summed E-state index contributed by atoms with van der Waals surface area (Å²) in [5.74, 6) is 0.294. The van der Waals surface area contributed by atoms with E-state index in [9.17, 15) is 38.4 Å². The lowest BCUT2D eigenvalue weighted by atomic mass is 10.2. The van der Waals surface area contributed by atoms with Crippen molar-refractivity contribution in [3.8, 4) is 0 Å². The SMILES string of the molecule is CCC(=O)N1CCN(C(=O)OC(C)(C)C)CC1.CCC(=O)N1CCN(C(=O)OC(C)(C)C)CC1.CNC(=O)N1CCN(C(=O)OC(C)(C)C)CC1.COC(=O)N1CCN(C(=O)OC(C)(C)C)CC1. The highest BCUT2D eigenvalue weighted by Crippen LogP contribution is 2.16. The van der Waals surface area contributed by atoms with Crippen molar-refractivity contribution in [2.75, 3.05) is 119 Å². The van der Waals surface area contributed by atoms with Crippen molar-refractivity contribution < 1.29 is 62.0 Å². The summed E-state index contributed by atoms with van der Waals surface area (Å²) >= 11 is 0. The van der Waals surface area contributed by atoms with Crippen molar-refractivity contribution in [1.82, 2.24) is 44.5 Å². The smallest absolute Gasteiger partial charge is 0.410 e. The topological polar surface area (TPSA) is 221 Å². The van der Waals surface area contributed by atoms with Gasteiger partial charge < -0.3 is 68.2 Å². The maximum atomic E-state index is 11.8. The molecule has 22 heteroatoms. The van der Waals surface area contributed by atoms with Crippen molar-refractivity contribution in [1.29, 1.82) is 0 Å². The van der Waals surface area contributed by atoms with Gasteiger partial charge in [0.05, 0.1) is 7.11 Å². The van der Waals surface area contributed by atoms with E-state index >= 15 is 0 Å². The Morgan fingerprint density at radius 3 is 0.721 bits per heavy atom. The second kappa shape index (κ2) is 27.5. The van der Waals surface area contributed by atoms with Crippen LogP contribution in [0.1, 0.15) is 110 Å². The molecule has 4 heterocycles. The molecule has 0 aromatic heterocycles. The van der Waals surface area contributed by atoms with Crippen LogP contribution in [-0.2, 0) is 33.3 Å². The molecular weight excluding hydrogens is 887 g/mol. The van der Waals surface area contributed by atoms with Gasteiger partial charge in [-0.3, -0.25) is 9.59 Å². The number of hydrogen-bond acceptors (Lipinski definition) is 13. The number of hydrogen-bond donors (Lipinski definition) is 1. The maximum absolute atomic E-state index is 11.8. The molecule has 392 valence electrons. The number of rotatable bonds is 2. The normalized spacial score (nSPS) is 16.8. The van der Waals surface area contributed by atoms with Crippen molar-refractivity contribution >= 4 is 48.3 Å². The Balaban J connectivity index is 0.000000453. The van der Waals surface area contributed by atoms with Crippen LogP contribution < -0.4 is 5.32 Å². The Kier molecular flexibility index (Phi) is 24.5. The van der Waals surface area contributed by atoms with E-state index in [1.54, 1.807) is 46.2 Å². The molecule has 0 bridgehead atoms. The Morgan fingerprint density at radius 2 is 0.544 bits per heavy atom. The third-order valence-electron chi connectivity index (χ3n) is 9.97. The van der Waals surface area contributed by atoms with Crippen molar-refractivity contribution in [3.05, 3.63) is 0 Å². The van der Waals surface area contributed by atoms with E-state index in [2.05, 4.69) is 10.1 Å². The lowest BCUT2D eigenvalue weighted by Gasteiger charge is -2.35. The quantitative estimate of drug-likeness (QED) is 0.355. The first-order valence-corrected chi connectivity index (χ1v) is 23.6. The molecule has 0 radical (unpaired) electrons. The molecule has 4 rings (SSSR count). The predicted molar refractivity (Wildman–Crippen MR) is 255 cm³/mol. The standard InChI is InChI=1S/2C12H22N2O3.C11H21N3O3.C11H20N2O4/c2*1-5-10(15)13-6-8-14(9-7-13)11(16)17-12(2,3)4;1-11(2,3)17-10(16)14-7-5-13(6-8-14)9(15)12-4;1-11(2,3)17-10(15)13-7-5-12(6-8-13)9(14)16-4/h2*5-9H2,1-4H3;5-8H2,1-4H3,(H,12,15);5-8H2,1-4H3. The van der Waals surface area contributed by atoms with Gasteiger partial charge in [0, 0.05) is 125 Å². The van der Waals surface area contributed by atoms with Crippen LogP contribution in [0.15, 0.2) is 0 Å². The number of amides is 9. The molecule has 4 saturated heterocycles. The van der Waals surface area contributed by atoms with Gasteiger partial charge in [0.1, 0.15) is 22.4 Å². The molecule has 4 fully saturated rings. The molecule has 1 N–H and O–H groups in total. The van der Waals surface area contributed by atoms with Gasteiger partial charge in [0.15, 0.2) is 0 Å². The molecule has 4 aliphatic heterocycles. The van der Waals surface area contributed by atoms with Crippen LogP contribution in [0, 0.1) is 0 Å². The van der Waals surface area contributed by atoms with Gasteiger partial charge in [-0.2, -0.15) is 0 Å². The summed E-state index contributed by atoms with van der Waals surface area (Å²) in [7, 11) is 2.95. The first kappa shape index (κ1) is 60.6. The number of carbonyl (C=O) groups excluding carboxylic acids is 8. The zero-order valence-electron chi connectivity index (χ0n) is 44.1. The fraction of sp³-hybridized carbons (Fsp3) is 0.826. The second-order valence-corrected chi connectivity index (χ2v) is 20.3. The van der Waals surface area contributed by atoms with Crippen LogP contribution in [0.3, 0.4) is 0 Å². The number of urea groups is 1. The molecule has 0 unspecified atom stereocenters. The summed E-state index contributed by atoms with van der Waals surface area (Å²) in [5.41, 5.74) is -1.90. The second-order valence-electron chi connectivity index (χ2n) is 20.3. The third kappa shape index (κ3) is 24.0. The average molecular weight is 972 g/mol. The Morgan fingerprint density at radius 1 is 0.353 bits per heavy atom. The number of methoxy groups -OCH3 is 1. The molecular formula is C46H85N9O13. The molecule has 0 saturated carbocycles. The molecule has 4 aliphatic rings. The first-order valence-electron chi connectivity index (χ1n) is 23.6. The Labute approximate surface area is 405 Å². The number of piperazine rings is 4. The van der Waals surface area contributed by atoms with Crippen molar-refractivity contribution in [2.45, 2.75) is 132 Å². The van der Waals surface area contributed by atoms with E-state index < -0.39 is 22.4 Å². The van der Waals surface area contributed by atoms with E-state index in [0.29, 0.717) is 118 Å². The minimum atomic E-state index is -0.490. The van der Waals surface area contributed by atoms with Gasteiger partial charge in [0.25, 0.3) is 0 Å². The van der Waals surface area contributed by atoms with Crippen LogP contribution in [0.4, 0.5) is 28.8 Å². The average Bonchev–Trinajstić information content (AvgIpc) is 3.26. The highest BCUT2D eigenvalue weighted by molar-refractivity contribution is 5.77. The van der Waals surface area contributed by atoms with Crippen LogP contribution in [0.2, 0.25) is 0 Å². The fourth-order valence-electron chi connectivity index (χ4n) is 6.48. The first-order chi connectivity index (χ1) is 31.3. The lowest BCUT2D eigenvalue weighted by molar-refractivity contribution is -0.133. The number of carbonyl (C=O) groups is 8. The monoisotopic (exact) mass is 972 g/mol. The number of nitrogens with one attached hydrogen (secondary N) is 1. The van der Waals surface area contributed by atoms with Crippen molar-refractivity contribution in [3.63, 3.8) is 0 Å². The van der Waals surface area contributed by atoms with Gasteiger partial charge in [-0.1, -0.05) is 13.8 Å². The molecule has 0 atom stereocenters. The zero-order chi connectivity index (χ0) is 52.2. The fourth-order valence-corrected chi connectivity index (χ4v) is 6.48. The van der Waals surface area contributed by atoms with E-state index in [1.165, 1.54) is 7.11 Å². The molecule has 68 heavy (non-hydrogen) atoms. The van der Waals surface area contributed by atoms with Gasteiger partial charge in [-0.05, 0) is 83.1 Å². The van der Waals surface area contributed by atoms with Crippen LogP contribution in [0.25, 0.3) is 0 Å². The Hall–Kier alpha value is -5.44. The minimum absolute atomic E-state index is 0.103. The molecule has 0 aliphatic carbocycles. The van der Waals surface area contributed by atoms with Crippen LogP contribution >= 0.6 is 0 Å². The van der Waals surface area contributed by atoms with Crippen LogP contribution in [0.5, 0.6) is 0 Å². The Bertz CT molecular complexity index is 1400. The largest absolute Gasteiger partial charge is 0.453 e. The van der Waals surface area contributed by atoms with E-state index in [1.807, 2.05) is 96.9 Å². The summed E-state index contributed by atoms with van der Waals surface area (Å²) in [6, 6.07) is -0.103. The minimum Gasteiger partial charge on any atom is -0.453 e. The maximum Gasteiger partial charge on any atom is 0.410 e. The summed E-state index contributed by atoms with van der Waals surface area (Å²) in [4.78, 5) is 106. The summed E-state index contributed by atoms with van der Waals surface area (Å²) in [6.07, 6.45) is -0.536. The molecule has 0 spiro atoms. The van der Waals surface area contributed by atoms with Gasteiger partial charge in [-0.25, -0.2) is 28.8 Å². The predicted octanol–water partition coefficient (Wildman–Crippen LogP) is 5.14. The van der Waals surface area contributed by atoms with Gasteiger partial charge >= 0.3 is 36.5 Å². The van der Waals surface area contributed by atoms with Gasteiger partial charge in [0.2, 0.25) is 11.8 Å². The van der Waals surface area contributed by atoms with E-state index in [4.69, 9.17) is 18.9 Å². The molecule has 9 amide bonds. The van der Waals surface area contributed by atoms with E-state index in [0.717, 1.165) is 0 Å². The number of nitrogens with zero attached hydrogens (tertiary/aromatic N) is 8.